The van der Waals surface area contributed by atoms with Crippen LogP contribution >= 0.6 is 0 Å². The quantitative estimate of drug-likeness (QED) is 0.264. The topological polar surface area (TPSA) is 70.1 Å². The van der Waals surface area contributed by atoms with Crippen molar-refractivity contribution >= 4 is 28.8 Å². The third-order valence-electron chi connectivity index (χ3n) is 6.24. The lowest BCUT2D eigenvalue weighted by Crippen LogP contribution is -2.30. The van der Waals surface area contributed by atoms with E-state index in [1.165, 1.54) is 4.90 Å². The molecule has 0 radical (unpaired) electrons. The molecule has 3 aromatic carbocycles. The minimum atomic E-state index is -0.775. The number of hydrogen-bond donors (Lipinski definition) is 1. The van der Waals surface area contributed by atoms with E-state index >= 15 is 0 Å². The maximum Gasteiger partial charge on any atom is 0.300 e. The van der Waals surface area contributed by atoms with E-state index in [4.69, 9.17) is 4.74 Å². The molecule has 1 amide bonds. The summed E-state index contributed by atoms with van der Waals surface area (Å²) in [4.78, 5) is 30.3. The van der Waals surface area contributed by atoms with Gasteiger partial charge in [0.25, 0.3) is 11.7 Å². The Morgan fingerprint density at radius 3 is 2.33 bits per heavy atom. The normalized spacial score (nSPS) is 17.1. The number of Topliss-reactive ketones (excluding diaryl/α,β-unsaturated/α-hetero) is 1. The van der Waals surface area contributed by atoms with Gasteiger partial charge in [-0.3, -0.25) is 14.5 Å². The summed E-state index contributed by atoms with van der Waals surface area (Å²) in [7, 11) is 3.89. The third-order valence-corrected chi connectivity index (χ3v) is 6.24. The number of ketones is 1. The number of para-hydroxylation sites is 1. The predicted molar refractivity (Wildman–Crippen MR) is 144 cm³/mol. The molecule has 6 heteroatoms. The van der Waals surface area contributed by atoms with Crippen molar-refractivity contribution in [2.24, 2.45) is 5.92 Å². The van der Waals surface area contributed by atoms with Crippen LogP contribution in [0.2, 0.25) is 0 Å². The molecule has 186 valence electrons. The van der Waals surface area contributed by atoms with Crippen LogP contribution < -0.4 is 14.5 Å². The van der Waals surface area contributed by atoms with Crippen LogP contribution in [0.25, 0.3) is 5.76 Å². The first-order valence-electron chi connectivity index (χ1n) is 12.1. The zero-order chi connectivity index (χ0) is 26.0. The second-order valence-corrected chi connectivity index (χ2v) is 9.67. The molecule has 0 aromatic heterocycles. The maximum absolute atomic E-state index is 13.4. The molecule has 4 rings (SSSR count). The van der Waals surface area contributed by atoms with E-state index in [1.807, 2.05) is 80.5 Å². The van der Waals surface area contributed by atoms with Crippen molar-refractivity contribution in [2.45, 2.75) is 26.8 Å². The SMILES string of the molecule is Cc1ccccc1N1C(=O)C(=O)/C(=C(\O)c2cccc(OCC(C)C)c2)C1c1ccc(N(C)C)cc1. The average Bonchev–Trinajstić information content (AvgIpc) is 3.13. The number of carbonyl (C=O) groups excluding carboxylic acids is 2. The molecule has 0 spiro atoms. The number of benzene rings is 3. The first kappa shape index (κ1) is 25.0. The van der Waals surface area contributed by atoms with Gasteiger partial charge in [-0.25, -0.2) is 0 Å². The van der Waals surface area contributed by atoms with Gasteiger partial charge in [-0.05, 0) is 54.3 Å². The molecule has 1 unspecified atom stereocenters. The smallest absolute Gasteiger partial charge is 0.300 e. The number of nitrogens with zero attached hydrogens (tertiary/aromatic N) is 2. The summed E-state index contributed by atoms with van der Waals surface area (Å²) in [6.45, 7) is 6.54. The van der Waals surface area contributed by atoms with E-state index in [-0.39, 0.29) is 11.3 Å². The van der Waals surface area contributed by atoms with Crippen LogP contribution in [-0.2, 0) is 9.59 Å². The number of hydrogen-bond acceptors (Lipinski definition) is 5. The molecular formula is C30H32N2O4. The lowest BCUT2D eigenvalue weighted by molar-refractivity contribution is -0.132. The molecule has 1 fully saturated rings. The molecule has 1 saturated heterocycles. The summed E-state index contributed by atoms with van der Waals surface area (Å²) in [6, 6.07) is 21.3. The Kier molecular flexibility index (Phi) is 7.15. The van der Waals surface area contributed by atoms with Gasteiger partial charge in [0.2, 0.25) is 0 Å². The van der Waals surface area contributed by atoms with Gasteiger partial charge >= 0.3 is 0 Å². The Bertz CT molecular complexity index is 1310. The van der Waals surface area contributed by atoms with Crippen LogP contribution in [-0.4, -0.2) is 37.5 Å². The number of ether oxygens (including phenoxy) is 1. The van der Waals surface area contributed by atoms with Crippen LogP contribution in [0.5, 0.6) is 5.75 Å². The molecule has 1 heterocycles. The van der Waals surface area contributed by atoms with E-state index in [1.54, 1.807) is 18.2 Å². The van der Waals surface area contributed by atoms with Gasteiger partial charge in [0.05, 0.1) is 18.2 Å². The highest BCUT2D eigenvalue weighted by molar-refractivity contribution is 6.51. The summed E-state index contributed by atoms with van der Waals surface area (Å²) in [5.74, 6) is -0.675. The van der Waals surface area contributed by atoms with Gasteiger partial charge in [0.15, 0.2) is 0 Å². The first-order valence-corrected chi connectivity index (χ1v) is 12.1. The molecule has 36 heavy (non-hydrogen) atoms. The number of aryl methyl sites for hydroxylation is 1. The van der Waals surface area contributed by atoms with Crippen LogP contribution in [0, 0.1) is 12.8 Å². The minimum Gasteiger partial charge on any atom is -0.507 e. The molecule has 1 N–H and O–H groups in total. The Morgan fingerprint density at radius 2 is 1.69 bits per heavy atom. The monoisotopic (exact) mass is 484 g/mol. The van der Waals surface area contributed by atoms with Crippen molar-refractivity contribution in [2.75, 3.05) is 30.5 Å². The fraction of sp³-hybridized carbons (Fsp3) is 0.267. The molecule has 0 aliphatic carbocycles. The van der Waals surface area contributed by atoms with Gasteiger partial charge in [0.1, 0.15) is 11.5 Å². The molecule has 0 bridgehead atoms. The summed E-state index contributed by atoms with van der Waals surface area (Å²) in [6.07, 6.45) is 0. The van der Waals surface area contributed by atoms with Crippen molar-refractivity contribution in [3.05, 3.63) is 95.1 Å². The van der Waals surface area contributed by atoms with Crippen LogP contribution in [0.1, 0.15) is 36.6 Å². The number of aliphatic hydroxyl groups excluding tert-OH is 1. The Hall–Kier alpha value is -4.06. The Balaban J connectivity index is 1.88. The number of anilines is 2. The van der Waals surface area contributed by atoms with Gasteiger partial charge in [-0.15, -0.1) is 0 Å². The molecule has 1 aliphatic heterocycles. The van der Waals surface area contributed by atoms with Crippen LogP contribution in [0.3, 0.4) is 0 Å². The van der Waals surface area contributed by atoms with Crippen molar-refractivity contribution in [1.29, 1.82) is 0 Å². The van der Waals surface area contributed by atoms with E-state index in [0.717, 1.165) is 16.8 Å². The Labute approximate surface area is 212 Å². The molecule has 3 aromatic rings. The van der Waals surface area contributed by atoms with Crippen molar-refractivity contribution in [1.82, 2.24) is 0 Å². The highest BCUT2D eigenvalue weighted by Crippen LogP contribution is 2.43. The summed E-state index contributed by atoms with van der Waals surface area (Å²) >= 11 is 0. The van der Waals surface area contributed by atoms with Crippen molar-refractivity contribution < 1.29 is 19.4 Å². The highest BCUT2D eigenvalue weighted by atomic mass is 16.5. The van der Waals surface area contributed by atoms with Gasteiger partial charge in [-0.1, -0.05) is 56.3 Å². The zero-order valence-corrected chi connectivity index (χ0v) is 21.4. The Morgan fingerprint density at radius 1 is 1.00 bits per heavy atom. The van der Waals surface area contributed by atoms with Crippen LogP contribution in [0.4, 0.5) is 11.4 Å². The van der Waals surface area contributed by atoms with Crippen molar-refractivity contribution in [3.63, 3.8) is 0 Å². The van der Waals surface area contributed by atoms with E-state index in [2.05, 4.69) is 13.8 Å². The maximum atomic E-state index is 13.4. The molecule has 1 aliphatic rings. The standard InChI is InChI=1S/C30H32N2O4/c1-19(2)18-36-24-11-8-10-22(17-24)28(33)26-27(21-13-15-23(16-14-21)31(4)5)32(30(35)29(26)34)25-12-7-6-9-20(25)3/h6-17,19,27,33H,18H2,1-5H3/b28-26-. The predicted octanol–water partition coefficient (Wildman–Crippen LogP) is 5.72. The molecule has 0 saturated carbocycles. The lowest BCUT2D eigenvalue weighted by Gasteiger charge is -2.27. The lowest BCUT2D eigenvalue weighted by atomic mass is 9.94. The summed E-state index contributed by atoms with van der Waals surface area (Å²) in [5, 5.41) is 11.4. The first-order chi connectivity index (χ1) is 17.2. The van der Waals surface area contributed by atoms with Crippen molar-refractivity contribution in [3.8, 4) is 5.75 Å². The summed E-state index contributed by atoms with van der Waals surface area (Å²) in [5.41, 5.74) is 3.70. The van der Waals surface area contributed by atoms with E-state index in [0.29, 0.717) is 29.5 Å². The molecule has 6 nitrogen and oxygen atoms in total. The number of amides is 1. The number of rotatable bonds is 7. The number of aliphatic hydroxyl groups is 1. The fourth-order valence-corrected chi connectivity index (χ4v) is 4.34. The van der Waals surface area contributed by atoms with Gasteiger partial charge in [0, 0.05) is 31.0 Å². The second-order valence-electron chi connectivity index (χ2n) is 9.67. The van der Waals surface area contributed by atoms with Crippen LogP contribution in [0.15, 0.2) is 78.4 Å². The van der Waals surface area contributed by atoms with E-state index in [9.17, 15) is 14.7 Å². The van der Waals surface area contributed by atoms with E-state index < -0.39 is 17.7 Å². The average molecular weight is 485 g/mol. The minimum absolute atomic E-state index is 0.0573. The van der Waals surface area contributed by atoms with Gasteiger partial charge < -0.3 is 14.7 Å². The number of carbonyl (C=O) groups is 2. The molecular weight excluding hydrogens is 452 g/mol. The largest absolute Gasteiger partial charge is 0.507 e. The highest BCUT2D eigenvalue weighted by Gasteiger charge is 2.47. The summed E-state index contributed by atoms with van der Waals surface area (Å²) < 4.78 is 5.82. The third kappa shape index (κ3) is 4.85. The fourth-order valence-electron chi connectivity index (χ4n) is 4.34. The zero-order valence-electron chi connectivity index (χ0n) is 21.4. The second kappa shape index (κ2) is 10.3. The molecule has 1 atom stereocenters. The van der Waals surface area contributed by atoms with Gasteiger partial charge in [-0.2, -0.15) is 0 Å².